The molecule has 20 heavy (non-hydrogen) atoms. The topological polar surface area (TPSA) is 42.2 Å². The van der Waals surface area contributed by atoms with Gasteiger partial charge in [-0.15, -0.1) is 0 Å². The van der Waals surface area contributed by atoms with Crippen LogP contribution in [0.3, 0.4) is 0 Å². The Morgan fingerprint density at radius 3 is 2.60 bits per heavy atom. The number of nitrogens with zero attached hydrogens (tertiary/aromatic N) is 2. The minimum absolute atomic E-state index is 0.168. The molecule has 1 aromatic carbocycles. The largest absolute Gasteiger partial charge is 0.329 e. The van der Waals surface area contributed by atoms with Gasteiger partial charge < -0.3 is 5.73 Å². The van der Waals surface area contributed by atoms with Gasteiger partial charge in [0.05, 0.1) is 5.69 Å². The first-order valence-electron chi connectivity index (χ1n) is 6.37. The average Bonchev–Trinajstić information content (AvgIpc) is 2.44. The second-order valence-corrected chi connectivity index (χ2v) is 6.37. The number of hydrogen-bond acceptors (Lipinski definition) is 3. The van der Waals surface area contributed by atoms with E-state index in [2.05, 4.69) is 60.9 Å². The van der Waals surface area contributed by atoms with E-state index in [0.717, 1.165) is 21.2 Å². The monoisotopic (exact) mass is 397 g/mol. The van der Waals surface area contributed by atoms with E-state index in [1.165, 1.54) is 5.56 Å². The molecule has 1 atom stereocenters. The Morgan fingerprint density at radius 2 is 2.00 bits per heavy atom. The molecule has 0 spiro atoms. The molecule has 2 aromatic rings. The second kappa shape index (κ2) is 7.31. The van der Waals surface area contributed by atoms with E-state index < -0.39 is 0 Å². The smallest absolute Gasteiger partial charge is 0.0544 e. The maximum Gasteiger partial charge on any atom is 0.0544 e. The maximum atomic E-state index is 5.96. The number of likely N-dealkylation sites (N-methyl/N-ethyl adjacent to an activating group) is 1. The summed E-state index contributed by atoms with van der Waals surface area (Å²) in [6, 6.07) is 12.4. The average molecular weight is 399 g/mol. The van der Waals surface area contributed by atoms with E-state index in [9.17, 15) is 0 Å². The van der Waals surface area contributed by atoms with Crippen molar-refractivity contribution in [2.24, 2.45) is 5.73 Å². The first-order chi connectivity index (χ1) is 9.61. The van der Waals surface area contributed by atoms with Gasteiger partial charge in [-0.25, -0.2) is 0 Å². The van der Waals surface area contributed by atoms with Gasteiger partial charge in [0.15, 0.2) is 0 Å². The highest BCUT2D eigenvalue weighted by molar-refractivity contribution is 9.13. The predicted octanol–water partition coefficient (Wildman–Crippen LogP) is 3.74. The van der Waals surface area contributed by atoms with Gasteiger partial charge in [-0.05, 0) is 68.7 Å². The first kappa shape index (κ1) is 15.6. The number of pyridine rings is 1. The van der Waals surface area contributed by atoms with E-state index in [0.29, 0.717) is 6.54 Å². The summed E-state index contributed by atoms with van der Waals surface area (Å²) in [5.41, 5.74) is 8.20. The van der Waals surface area contributed by atoms with E-state index in [-0.39, 0.29) is 6.04 Å². The molecule has 106 valence electrons. The molecule has 2 rings (SSSR count). The number of rotatable bonds is 5. The van der Waals surface area contributed by atoms with Crippen molar-refractivity contribution in [1.29, 1.82) is 0 Å². The lowest BCUT2D eigenvalue weighted by atomic mass is 10.1. The van der Waals surface area contributed by atoms with Gasteiger partial charge in [-0.2, -0.15) is 0 Å². The van der Waals surface area contributed by atoms with Crippen molar-refractivity contribution in [3.8, 4) is 0 Å². The molecule has 5 heteroatoms. The van der Waals surface area contributed by atoms with Crippen molar-refractivity contribution in [3.63, 3.8) is 0 Å². The highest BCUT2D eigenvalue weighted by atomic mass is 79.9. The zero-order valence-corrected chi connectivity index (χ0v) is 14.4. The van der Waals surface area contributed by atoms with Crippen LogP contribution in [0.25, 0.3) is 0 Å². The molecule has 0 aliphatic heterocycles. The molecule has 1 aromatic heterocycles. The molecule has 1 heterocycles. The van der Waals surface area contributed by atoms with Crippen molar-refractivity contribution in [1.82, 2.24) is 9.88 Å². The minimum atomic E-state index is 0.168. The molecule has 0 bridgehead atoms. The standard InChI is InChI=1S/C15H17Br2N3/c1-20(10-12-4-2-3-7-19-12)15(9-18)11-5-6-13(16)14(17)8-11/h2-8,15H,9-10,18H2,1H3. The number of nitrogens with two attached hydrogens (primary N) is 1. The molecule has 0 saturated heterocycles. The summed E-state index contributed by atoms with van der Waals surface area (Å²) in [7, 11) is 2.07. The molecule has 3 nitrogen and oxygen atoms in total. The SMILES string of the molecule is CN(Cc1ccccn1)C(CN)c1ccc(Br)c(Br)c1. The van der Waals surface area contributed by atoms with E-state index in [1.807, 2.05) is 30.5 Å². The van der Waals surface area contributed by atoms with Crippen LogP contribution in [-0.2, 0) is 6.54 Å². The van der Waals surface area contributed by atoms with Crippen molar-refractivity contribution in [3.05, 3.63) is 62.8 Å². The summed E-state index contributed by atoms with van der Waals surface area (Å²) in [5.74, 6) is 0. The fraction of sp³-hybridized carbons (Fsp3) is 0.267. The summed E-state index contributed by atoms with van der Waals surface area (Å²) in [6.07, 6.45) is 1.82. The van der Waals surface area contributed by atoms with Crippen molar-refractivity contribution < 1.29 is 0 Å². The quantitative estimate of drug-likeness (QED) is 0.833. The maximum absolute atomic E-state index is 5.96. The lowest BCUT2D eigenvalue weighted by Crippen LogP contribution is -2.30. The Bertz CT molecular complexity index is 560. The Balaban J connectivity index is 2.16. The Morgan fingerprint density at radius 1 is 1.20 bits per heavy atom. The zero-order chi connectivity index (χ0) is 14.5. The molecule has 0 aliphatic carbocycles. The fourth-order valence-electron chi connectivity index (χ4n) is 2.15. The van der Waals surface area contributed by atoms with E-state index in [1.54, 1.807) is 0 Å². The molecular weight excluding hydrogens is 382 g/mol. The molecule has 0 radical (unpaired) electrons. The van der Waals surface area contributed by atoms with Crippen LogP contribution in [0.1, 0.15) is 17.3 Å². The Hall–Kier alpha value is -0.750. The van der Waals surface area contributed by atoms with E-state index >= 15 is 0 Å². The molecule has 0 amide bonds. The van der Waals surface area contributed by atoms with E-state index in [4.69, 9.17) is 5.73 Å². The lowest BCUT2D eigenvalue weighted by Gasteiger charge is -2.27. The molecule has 0 saturated carbocycles. The highest BCUT2D eigenvalue weighted by Crippen LogP contribution is 2.28. The van der Waals surface area contributed by atoms with Gasteiger partial charge in [-0.3, -0.25) is 9.88 Å². The Kier molecular flexibility index (Phi) is 5.72. The van der Waals surface area contributed by atoms with Crippen LogP contribution in [0.5, 0.6) is 0 Å². The third-order valence-corrected chi connectivity index (χ3v) is 5.10. The van der Waals surface area contributed by atoms with Crippen LogP contribution < -0.4 is 5.73 Å². The molecule has 2 N–H and O–H groups in total. The van der Waals surface area contributed by atoms with Crippen molar-refractivity contribution in [2.75, 3.05) is 13.6 Å². The van der Waals surface area contributed by atoms with Crippen LogP contribution in [0.4, 0.5) is 0 Å². The third-order valence-electron chi connectivity index (χ3n) is 3.22. The highest BCUT2D eigenvalue weighted by Gasteiger charge is 2.16. The summed E-state index contributed by atoms with van der Waals surface area (Å²) >= 11 is 7.03. The van der Waals surface area contributed by atoms with Crippen molar-refractivity contribution in [2.45, 2.75) is 12.6 Å². The van der Waals surface area contributed by atoms with Gasteiger partial charge in [0.2, 0.25) is 0 Å². The van der Waals surface area contributed by atoms with Crippen LogP contribution in [-0.4, -0.2) is 23.5 Å². The summed E-state index contributed by atoms with van der Waals surface area (Å²) in [6.45, 7) is 1.34. The normalized spacial score (nSPS) is 12.7. The number of aromatic nitrogens is 1. The summed E-state index contributed by atoms with van der Waals surface area (Å²) in [4.78, 5) is 6.58. The molecule has 1 unspecified atom stereocenters. The molecule has 0 aliphatic rings. The lowest BCUT2D eigenvalue weighted by molar-refractivity contribution is 0.239. The summed E-state index contributed by atoms with van der Waals surface area (Å²) in [5, 5.41) is 0. The van der Waals surface area contributed by atoms with Gasteiger partial charge in [0, 0.05) is 34.3 Å². The van der Waals surface area contributed by atoms with Crippen LogP contribution in [0.15, 0.2) is 51.5 Å². The van der Waals surface area contributed by atoms with Crippen LogP contribution >= 0.6 is 31.9 Å². The van der Waals surface area contributed by atoms with Crippen LogP contribution in [0, 0.1) is 0 Å². The van der Waals surface area contributed by atoms with Gasteiger partial charge in [0.25, 0.3) is 0 Å². The van der Waals surface area contributed by atoms with Crippen molar-refractivity contribution >= 4 is 31.9 Å². The molecule has 0 fully saturated rings. The molecular formula is C15H17Br2N3. The zero-order valence-electron chi connectivity index (χ0n) is 11.3. The fourth-order valence-corrected chi connectivity index (χ4v) is 2.79. The van der Waals surface area contributed by atoms with Gasteiger partial charge >= 0.3 is 0 Å². The number of benzene rings is 1. The minimum Gasteiger partial charge on any atom is -0.329 e. The number of halogens is 2. The second-order valence-electron chi connectivity index (χ2n) is 4.66. The third kappa shape index (κ3) is 3.88. The number of hydrogen-bond donors (Lipinski definition) is 1. The summed E-state index contributed by atoms with van der Waals surface area (Å²) < 4.78 is 2.09. The Labute approximate surface area is 136 Å². The van der Waals surface area contributed by atoms with Crippen LogP contribution in [0.2, 0.25) is 0 Å². The first-order valence-corrected chi connectivity index (χ1v) is 7.95. The van der Waals surface area contributed by atoms with Gasteiger partial charge in [0.1, 0.15) is 0 Å². The predicted molar refractivity (Wildman–Crippen MR) is 89.3 cm³/mol. The van der Waals surface area contributed by atoms with Gasteiger partial charge in [-0.1, -0.05) is 12.1 Å².